The largest absolute Gasteiger partial charge is 0.337 e. The zero-order valence-electron chi connectivity index (χ0n) is 16.6. The maximum absolute atomic E-state index is 12.8. The van der Waals surface area contributed by atoms with Crippen LogP contribution in [0.15, 0.2) is 48.5 Å². The number of amides is 1. The SMILES string of the molecule is Cc1ccc(CN(C)C(=O)C[NH+]2CCC[C@@H](c3nc4ccccc4s3)C2)cc1. The number of quaternary nitrogens is 1. The molecule has 1 amide bonds. The molecule has 2 atom stereocenters. The lowest BCUT2D eigenvalue weighted by molar-refractivity contribution is -0.898. The van der Waals surface area contributed by atoms with Gasteiger partial charge in [0.05, 0.1) is 29.2 Å². The fourth-order valence-electron chi connectivity index (χ4n) is 3.99. The molecule has 1 N–H and O–H groups in total. The van der Waals surface area contributed by atoms with E-state index in [1.54, 1.807) is 0 Å². The number of aromatic nitrogens is 1. The summed E-state index contributed by atoms with van der Waals surface area (Å²) >= 11 is 1.81. The topological polar surface area (TPSA) is 37.6 Å². The number of hydrogen-bond donors (Lipinski definition) is 1. The molecule has 1 fully saturated rings. The van der Waals surface area contributed by atoms with Crippen LogP contribution < -0.4 is 4.90 Å². The van der Waals surface area contributed by atoms with E-state index in [0.29, 0.717) is 19.0 Å². The Labute approximate surface area is 170 Å². The molecule has 5 heteroatoms. The third-order valence-electron chi connectivity index (χ3n) is 5.64. The smallest absolute Gasteiger partial charge is 0.277 e. The lowest BCUT2D eigenvalue weighted by Crippen LogP contribution is -3.14. The highest BCUT2D eigenvalue weighted by atomic mass is 32.1. The highest BCUT2D eigenvalue weighted by molar-refractivity contribution is 7.18. The number of nitrogens with zero attached hydrogens (tertiary/aromatic N) is 2. The molecule has 1 unspecified atom stereocenters. The average Bonchev–Trinajstić information content (AvgIpc) is 3.14. The summed E-state index contributed by atoms with van der Waals surface area (Å²) in [6.07, 6.45) is 2.33. The fourth-order valence-corrected chi connectivity index (χ4v) is 5.09. The van der Waals surface area contributed by atoms with E-state index in [1.807, 2.05) is 29.4 Å². The van der Waals surface area contributed by atoms with E-state index in [4.69, 9.17) is 4.98 Å². The molecule has 1 aromatic heterocycles. The van der Waals surface area contributed by atoms with Crippen molar-refractivity contribution in [2.45, 2.75) is 32.2 Å². The van der Waals surface area contributed by atoms with Gasteiger partial charge in [-0.3, -0.25) is 4.79 Å². The van der Waals surface area contributed by atoms with Crippen molar-refractivity contribution in [3.05, 3.63) is 64.7 Å². The van der Waals surface area contributed by atoms with Gasteiger partial charge in [-0.1, -0.05) is 42.0 Å². The Morgan fingerprint density at radius 2 is 2.00 bits per heavy atom. The molecule has 4 rings (SSSR count). The molecule has 0 saturated carbocycles. The monoisotopic (exact) mass is 394 g/mol. The second-order valence-corrected chi connectivity index (χ2v) is 9.04. The van der Waals surface area contributed by atoms with Crippen LogP contribution in [0.4, 0.5) is 0 Å². The van der Waals surface area contributed by atoms with E-state index in [2.05, 4.69) is 49.4 Å². The van der Waals surface area contributed by atoms with Crippen LogP contribution in [0.5, 0.6) is 0 Å². The molecule has 0 bridgehead atoms. The van der Waals surface area contributed by atoms with Gasteiger partial charge in [0.2, 0.25) is 0 Å². The number of rotatable bonds is 5. The summed E-state index contributed by atoms with van der Waals surface area (Å²) in [7, 11) is 1.91. The first-order valence-electron chi connectivity index (χ1n) is 10.1. The highest BCUT2D eigenvalue weighted by Gasteiger charge is 2.29. The molecule has 3 aromatic rings. The Balaban J connectivity index is 1.36. The molecule has 28 heavy (non-hydrogen) atoms. The van der Waals surface area contributed by atoms with Crippen molar-refractivity contribution in [2.75, 3.05) is 26.7 Å². The van der Waals surface area contributed by atoms with Gasteiger partial charge in [0.15, 0.2) is 6.54 Å². The van der Waals surface area contributed by atoms with Gasteiger partial charge in [-0.2, -0.15) is 0 Å². The molecule has 2 aromatic carbocycles. The molecule has 0 spiro atoms. The minimum Gasteiger partial charge on any atom is -0.337 e. The highest BCUT2D eigenvalue weighted by Crippen LogP contribution is 2.30. The minimum absolute atomic E-state index is 0.223. The number of benzene rings is 2. The molecule has 1 aliphatic heterocycles. The minimum atomic E-state index is 0.223. The van der Waals surface area contributed by atoms with Crippen LogP contribution in [-0.4, -0.2) is 42.5 Å². The van der Waals surface area contributed by atoms with Crippen LogP contribution in [0.1, 0.15) is 34.9 Å². The summed E-state index contributed by atoms with van der Waals surface area (Å²) < 4.78 is 1.26. The van der Waals surface area contributed by atoms with Crippen molar-refractivity contribution in [2.24, 2.45) is 0 Å². The van der Waals surface area contributed by atoms with E-state index >= 15 is 0 Å². The predicted octanol–water partition coefficient (Wildman–Crippen LogP) is 3.03. The van der Waals surface area contributed by atoms with E-state index in [1.165, 1.54) is 32.2 Å². The van der Waals surface area contributed by atoms with E-state index in [0.717, 1.165) is 25.0 Å². The van der Waals surface area contributed by atoms with Gasteiger partial charge in [-0.25, -0.2) is 4.98 Å². The third kappa shape index (κ3) is 4.42. The van der Waals surface area contributed by atoms with Crippen LogP contribution in [0, 0.1) is 6.92 Å². The van der Waals surface area contributed by atoms with Gasteiger partial charge in [0.1, 0.15) is 5.01 Å². The van der Waals surface area contributed by atoms with Crippen molar-refractivity contribution in [3.8, 4) is 0 Å². The van der Waals surface area contributed by atoms with E-state index in [9.17, 15) is 4.79 Å². The number of carbonyl (C=O) groups is 1. The Kier molecular flexibility index (Phi) is 5.74. The van der Waals surface area contributed by atoms with Gasteiger partial charge in [0, 0.05) is 13.6 Å². The molecular weight excluding hydrogens is 366 g/mol. The lowest BCUT2D eigenvalue weighted by atomic mass is 9.98. The summed E-state index contributed by atoms with van der Waals surface area (Å²) in [5, 5.41) is 1.24. The number of likely N-dealkylation sites (N-methyl/N-ethyl adjacent to an activating group) is 1. The normalized spacial score (nSPS) is 19.6. The maximum Gasteiger partial charge on any atom is 0.277 e. The fraction of sp³-hybridized carbons (Fsp3) is 0.391. The van der Waals surface area contributed by atoms with Gasteiger partial charge in [-0.05, 0) is 37.5 Å². The number of thiazole rings is 1. The van der Waals surface area contributed by atoms with E-state index in [-0.39, 0.29) is 5.91 Å². The predicted molar refractivity (Wildman–Crippen MR) is 115 cm³/mol. The van der Waals surface area contributed by atoms with Gasteiger partial charge < -0.3 is 9.80 Å². The van der Waals surface area contributed by atoms with Crippen LogP contribution in [0.25, 0.3) is 10.2 Å². The summed E-state index contributed by atoms with van der Waals surface area (Å²) in [5.74, 6) is 0.692. The van der Waals surface area contributed by atoms with Crippen molar-refractivity contribution in [3.63, 3.8) is 0 Å². The van der Waals surface area contributed by atoms with E-state index < -0.39 is 0 Å². The molecule has 4 nitrogen and oxygen atoms in total. The van der Waals surface area contributed by atoms with Gasteiger partial charge in [-0.15, -0.1) is 11.3 Å². The first-order chi connectivity index (χ1) is 13.6. The Morgan fingerprint density at radius 1 is 1.21 bits per heavy atom. The zero-order valence-corrected chi connectivity index (χ0v) is 17.5. The maximum atomic E-state index is 12.8. The molecule has 2 heterocycles. The number of para-hydroxylation sites is 1. The third-order valence-corrected chi connectivity index (χ3v) is 6.84. The number of likely N-dealkylation sites (tertiary alicyclic amines) is 1. The zero-order chi connectivity index (χ0) is 19.5. The lowest BCUT2D eigenvalue weighted by Gasteiger charge is -2.29. The number of hydrogen-bond acceptors (Lipinski definition) is 3. The number of piperidine rings is 1. The van der Waals surface area contributed by atoms with Crippen LogP contribution >= 0.6 is 11.3 Å². The molecule has 0 radical (unpaired) electrons. The van der Waals surface area contributed by atoms with Crippen molar-refractivity contribution in [1.29, 1.82) is 0 Å². The Morgan fingerprint density at radius 3 is 2.79 bits per heavy atom. The van der Waals surface area contributed by atoms with Gasteiger partial charge in [0.25, 0.3) is 5.91 Å². The first kappa shape index (κ1) is 19.1. The van der Waals surface area contributed by atoms with Crippen molar-refractivity contribution < 1.29 is 9.69 Å². The Bertz CT molecular complexity index is 917. The summed E-state index contributed by atoms with van der Waals surface area (Å²) in [4.78, 5) is 20.9. The molecule has 0 aliphatic carbocycles. The quantitative estimate of drug-likeness (QED) is 0.722. The summed E-state index contributed by atoms with van der Waals surface area (Å²) in [6, 6.07) is 16.8. The molecule has 1 saturated heterocycles. The van der Waals surface area contributed by atoms with Crippen LogP contribution in [0.3, 0.4) is 0 Å². The average molecular weight is 395 g/mol. The van der Waals surface area contributed by atoms with Crippen molar-refractivity contribution in [1.82, 2.24) is 9.88 Å². The summed E-state index contributed by atoms with van der Waals surface area (Å²) in [5.41, 5.74) is 3.53. The van der Waals surface area contributed by atoms with Crippen LogP contribution in [-0.2, 0) is 11.3 Å². The Hall–Kier alpha value is -2.24. The number of aryl methyl sites for hydroxylation is 1. The molecule has 1 aliphatic rings. The molecule has 146 valence electrons. The van der Waals surface area contributed by atoms with Crippen LogP contribution in [0.2, 0.25) is 0 Å². The first-order valence-corrected chi connectivity index (χ1v) is 10.9. The standard InChI is InChI=1S/C23H27N3OS/c1-17-9-11-18(12-10-17)14-25(2)22(27)16-26-13-5-6-19(15-26)23-24-20-7-3-4-8-21(20)28-23/h3-4,7-12,19H,5-6,13-16H2,1-2H3/p+1/t19-/m1/s1. The second kappa shape index (κ2) is 8.41. The molecular formula is C23H28N3OS+. The van der Waals surface area contributed by atoms with Crippen molar-refractivity contribution >= 4 is 27.5 Å². The number of carbonyl (C=O) groups excluding carboxylic acids is 1. The van der Waals surface area contributed by atoms with Gasteiger partial charge >= 0.3 is 0 Å². The number of nitrogens with one attached hydrogen (secondary N) is 1. The summed E-state index contributed by atoms with van der Waals surface area (Å²) in [6.45, 7) is 5.41. The number of fused-ring (bicyclic) bond motifs is 1. The second-order valence-electron chi connectivity index (χ2n) is 7.98.